The average molecular weight is 356 g/mol. The number of aromatic amines is 1. The van der Waals surface area contributed by atoms with E-state index >= 15 is 0 Å². The van der Waals surface area contributed by atoms with Crippen molar-refractivity contribution < 1.29 is 4.79 Å². The first-order valence-electron chi connectivity index (χ1n) is 5.85. The molecule has 1 aromatic heterocycles. The molecule has 6 heteroatoms. The van der Waals surface area contributed by atoms with E-state index in [0.717, 1.165) is 5.56 Å². The highest BCUT2D eigenvalue weighted by molar-refractivity contribution is 9.10. The number of rotatable bonds is 2. The van der Waals surface area contributed by atoms with Crippen LogP contribution in [0.5, 0.6) is 0 Å². The lowest BCUT2D eigenvalue weighted by atomic mass is 10.2. The van der Waals surface area contributed by atoms with Gasteiger partial charge in [-0.15, -0.1) is 0 Å². The van der Waals surface area contributed by atoms with Crippen molar-refractivity contribution in [1.29, 1.82) is 0 Å². The summed E-state index contributed by atoms with van der Waals surface area (Å²) in [6, 6.07) is 4.82. The molecule has 0 spiro atoms. The van der Waals surface area contributed by atoms with Crippen molar-refractivity contribution >= 4 is 39.1 Å². The predicted octanol–water partition coefficient (Wildman–Crippen LogP) is 3.66. The number of pyridine rings is 1. The van der Waals surface area contributed by atoms with Gasteiger partial charge in [0.25, 0.3) is 5.91 Å². The number of benzene rings is 1. The number of anilines is 1. The summed E-state index contributed by atoms with van der Waals surface area (Å²) in [5, 5.41) is 3.21. The number of halogens is 2. The Bertz CT molecular complexity index is 740. The van der Waals surface area contributed by atoms with E-state index in [4.69, 9.17) is 11.6 Å². The number of H-pyrrole nitrogens is 1. The minimum Gasteiger partial charge on any atom is -0.364 e. The van der Waals surface area contributed by atoms with Crippen molar-refractivity contribution in [3.8, 4) is 0 Å². The predicted molar refractivity (Wildman–Crippen MR) is 83.6 cm³/mol. The minimum absolute atomic E-state index is 0.0548. The first-order chi connectivity index (χ1) is 9.38. The molecule has 1 heterocycles. The van der Waals surface area contributed by atoms with Gasteiger partial charge in [0.15, 0.2) is 5.43 Å². The molecule has 0 atom stereocenters. The number of carbonyl (C=O) groups excluding carboxylic acids is 1. The number of carbonyl (C=O) groups is 1. The maximum absolute atomic E-state index is 12.1. The first-order valence-corrected chi connectivity index (χ1v) is 7.02. The average Bonchev–Trinajstić information content (AvgIpc) is 2.35. The SMILES string of the molecule is Cc1cc(=O)c(C(=O)Nc2cc(Cl)c(C)cc2Br)c[nH]1. The largest absolute Gasteiger partial charge is 0.364 e. The second kappa shape index (κ2) is 5.81. The Morgan fingerprint density at radius 1 is 1.30 bits per heavy atom. The summed E-state index contributed by atoms with van der Waals surface area (Å²) in [4.78, 5) is 26.7. The molecule has 0 aliphatic rings. The lowest BCUT2D eigenvalue weighted by Crippen LogP contribution is -2.21. The lowest BCUT2D eigenvalue weighted by molar-refractivity contribution is 0.102. The maximum atomic E-state index is 12.1. The highest BCUT2D eigenvalue weighted by atomic mass is 79.9. The standard InChI is InChI=1S/C14H12BrClN2O2/c1-7-3-10(15)12(5-11(7)16)18-14(20)9-6-17-8(2)4-13(9)19/h3-6H,1-2H3,(H,17,19)(H,18,20). The quantitative estimate of drug-likeness (QED) is 0.863. The van der Waals surface area contributed by atoms with Gasteiger partial charge in [-0.1, -0.05) is 11.6 Å². The third-order valence-electron chi connectivity index (χ3n) is 2.80. The summed E-state index contributed by atoms with van der Waals surface area (Å²) < 4.78 is 0.705. The molecule has 0 bridgehead atoms. The van der Waals surface area contributed by atoms with Crippen molar-refractivity contribution in [2.24, 2.45) is 0 Å². The Morgan fingerprint density at radius 2 is 2.00 bits per heavy atom. The van der Waals surface area contributed by atoms with Crippen LogP contribution in [-0.2, 0) is 0 Å². The normalized spacial score (nSPS) is 10.4. The van der Waals surface area contributed by atoms with Crippen molar-refractivity contribution in [3.05, 3.63) is 60.9 Å². The van der Waals surface area contributed by atoms with E-state index in [1.165, 1.54) is 12.3 Å². The molecule has 0 radical (unpaired) electrons. The Morgan fingerprint density at radius 3 is 2.65 bits per heavy atom. The van der Waals surface area contributed by atoms with Gasteiger partial charge in [0.05, 0.1) is 5.69 Å². The molecule has 1 aromatic carbocycles. The van der Waals surface area contributed by atoms with Crippen molar-refractivity contribution in [3.63, 3.8) is 0 Å². The Balaban J connectivity index is 2.33. The second-order valence-corrected chi connectivity index (χ2v) is 5.69. The topological polar surface area (TPSA) is 62.0 Å². The molecule has 104 valence electrons. The van der Waals surface area contributed by atoms with Crippen LogP contribution >= 0.6 is 27.5 Å². The second-order valence-electron chi connectivity index (χ2n) is 4.43. The number of amides is 1. The van der Waals surface area contributed by atoms with Crippen LogP contribution in [0.1, 0.15) is 21.6 Å². The van der Waals surface area contributed by atoms with Gasteiger partial charge in [-0.3, -0.25) is 9.59 Å². The molecular weight excluding hydrogens is 344 g/mol. The van der Waals surface area contributed by atoms with E-state index in [2.05, 4.69) is 26.2 Å². The third-order valence-corrected chi connectivity index (χ3v) is 3.86. The van der Waals surface area contributed by atoms with Gasteiger partial charge in [0.1, 0.15) is 5.56 Å². The van der Waals surface area contributed by atoms with Gasteiger partial charge in [-0.25, -0.2) is 0 Å². The van der Waals surface area contributed by atoms with Gasteiger partial charge in [0, 0.05) is 27.5 Å². The Labute approximate surface area is 129 Å². The number of aryl methyl sites for hydroxylation is 2. The molecule has 2 rings (SSSR count). The summed E-state index contributed by atoms with van der Waals surface area (Å²) in [5.41, 5.74) is 1.84. The number of hydrogen-bond acceptors (Lipinski definition) is 2. The fourth-order valence-electron chi connectivity index (χ4n) is 1.68. The van der Waals surface area contributed by atoms with Crippen LogP contribution in [0.4, 0.5) is 5.69 Å². The van der Waals surface area contributed by atoms with Gasteiger partial charge < -0.3 is 10.3 Å². The highest BCUT2D eigenvalue weighted by Crippen LogP contribution is 2.29. The van der Waals surface area contributed by atoms with Crippen LogP contribution in [-0.4, -0.2) is 10.9 Å². The summed E-state index contributed by atoms with van der Waals surface area (Å²) in [6.45, 7) is 3.61. The Kier molecular flexibility index (Phi) is 4.30. The summed E-state index contributed by atoms with van der Waals surface area (Å²) in [7, 11) is 0. The van der Waals surface area contributed by atoms with Crippen LogP contribution in [0, 0.1) is 13.8 Å². The van der Waals surface area contributed by atoms with Gasteiger partial charge in [-0.05, 0) is 47.5 Å². The van der Waals surface area contributed by atoms with Gasteiger partial charge >= 0.3 is 0 Å². The minimum atomic E-state index is -0.480. The number of nitrogens with one attached hydrogen (secondary N) is 2. The zero-order valence-corrected chi connectivity index (χ0v) is 13.2. The molecule has 0 fully saturated rings. The highest BCUT2D eigenvalue weighted by Gasteiger charge is 2.13. The van der Waals surface area contributed by atoms with E-state index in [1.807, 2.05) is 6.92 Å². The summed E-state index contributed by atoms with van der Waals surface area (Å²) in [5.74, 6) is -0.480. The molecule has 0 saturated heterocycles. The zero-order chi connectivity index (χ0) is 14.9. The van der Waals surface area contributed by atoms with E-state index in [0.29, 0.717) is 20.9 Å². The number of hydrogen-bond donors (Lipinski definition) is 2. The monoisotopic (exact) mass is 354 g/mol. The molecule has 0 aliphatic heterocycles. The number of aromatic nitrogens is 1. The van der Waals surface area contributed by atoms with E-state index in [1.54, 1.807) is 19.1 Å². The zero-order valence-electron chi connectivity index (χ0n) is 10.9. The summed E-state index contributed by atoms with van der Waals surface area (Å²) >= 11 is 9.38. The van der Waals surface area contributed by atoms with Crippen LogP contribution in [0.3, 0.4) is 0 Å². The molecule has 2 aromatic rings. The van der Waals surface area contributed by atoms with E-state index < -0.39 is 5.91 Å². The van der Waals surface area contributed by atoms with Crippen molar-refractivity contribution in [1.82, 2.24) is 4.98 Å². The molecule has 0 unspecified atom stereocenters. The van der Waals surface area contributed by atoms with Gasteiger partial charge in [0.2, 0.25) is 0 Å². The molecule has 4 nitrogen and oxygen atoms in total. The lowest BCUT2D eigenvalue weighted by Gasteiger charge is -2.09. The molecule has 2 N–H and O–H groups in total. The molecule has 1 amide bonds. The molecule has 0 aliphatic carbocycles. The first kappa shape index (κ1) is 14.8. The van der Waals surface area contributed by atoms with Crippen molar-refractivity contribution in [2.75, 3.05) is 5.32 Å². The molecule has 20 heavy (non-hydrogen) atoms. The fourth-order valence-corrected chi connectivity index (χ4v) is 2.40. The van der Waals surface area contributed by atoms with Gasteiger partial charge in [-0.2, -0.15) is 0 Å². The summed E-state index contributed by atoms with van der Waals surface area (Å²) in [6.07, 6.45) is 1.40. The fraction of sp³-hybridized carbons (Fsp3) is 0.143. The molecular formula is C14H12BrClN2O2. The third kappa shape index (κ3) is 3.11. The molecule has 0 saturated carbocycles. The van der Waals surface area contributed by atoms with Crippen LogP contribution in [0.15, 0.2) is 33.7 Å². The van der Waals surface area contributed by atoms with Crippen molar-refractivity contribution in [2.45, 2.75) is 13.8 Å². The van der Waals surface area contributed by atoms with Crippen LogP contribution < -0.4 is 10.7 Å². The van der Waals surface area contributed by atoms with E-state index in [-0.39, 0.29) is 11.0 Å². The van der Waals surface area contributed by atoms with Crippen LogP contribution in [0.2, 0.25) is 5.02 Å². The Hall–Kier alpha value is -1.59. The van der Waals surface area contributed by atoms with E-state index in [9.17, 15) is 9.59 Å². The van der Waals surface area contributed by atoms with Crippen LogP contribution in [0.25, 0.3) is 0 Å². The maximum Gasteiger partial charge on any atom is 0.261 e. The smallest absolute Gasteiger partial charge is 0.261 e.